The molecular formula is C24H20BrClN4OS. The largest absolute Gasteiger partial charge is 0.489 e. The van der Waals surface area contributed by atoms with Crippen molar-refractivity contribution in [1.82, 2.24) is 14.9 Å². The van der Waals surface area contributed by atoms with Gasteiger partial charge in [0.2, 0.25) is 5.16 Å². The van der Waals surface area contributed by atoms with E-state index in [1.54, 1.807) is 22.7 Å². The second-order valence-corrected chi connectivity index (χ2v) is 9.22. The molecule has 0 bridgehead atoms. The van der Waals surface area contributed by atoms with Crippen LogP contribution in [0.25, 0.3) is 0 Å². The minimum Gasteiger partial charge on any atom is -0.489 e. The van der Waals surface area contributed by atoms with E-state index in [2.05, 4.69) is 43.4 Å². The summed E-state index contributed by atoms with van der Waals surface area (Å²) in [5.41, 5.74) is 3.12. The van der Waals surface area contributed by atoms with E-state index >= 15 is 0 Å². The minimum absolute atomic E-state index is 0.423. The van der Waals surface area contributed by atoms with Gasteiger partial charge in [0, 0.05) is 20.8 Å². The molecule has 0 N–H and O–H groups in total. The van der Waals surface area contributed by atoms with E-state index in [-0.39, 0.29) is 0 Å². The molecule has 0 aliphatic heterocycles. The van der Waals surface area contributed by atoms with E-state index in [0.29, 0.717) is 11.6 Å². The molecule has 8 heteroatoms. The normalized spacial score (nSPS) is 11.2. The number of thioether (sulfide) groups is 1. The zero-order valence-electron chi connectivity index (χ0n) is 17.3. The lowest BCUT2D eigenvalue weighted by Crippen LogP contribution is -1.97. The van der Waals surface area contributed by atoms with Gasteiger partial charge in [-0.3, -0.25) is 0 Å². The third-order valence-corrected chi connectivity index (χ3v) is 6.49. The predicted molar refractivity (Wildman–Crippen MR) is 134 cm³/mol. The summed E-state index contributed by atoms with van der Waals surface area (Å²) in [5.74, 6) is 2.30. The lowest BCUT2D eigenvalue weighted by molar-refractivity contribution is 0.306. The third kappa shape index (κ3) is 6.00. The Labute approximate surface area is 204 Å². The fourth-order valence-corrected chi connectivity index (χ4v) is 4.18. The van der Waals surface area contributed by atoms with Crippen molar-refractivity contribution in [3.63, 3.8) is 0 Å². The van der Waals surface area contributed by atoms with E-state index in [9.17, 15) is 0 Å². The smallest absolute Gasteiger partial charge is 0.212 e. The van der Waals surface area contributed by atoms with Gasteiger partial charge in [0.1, 0.15) is 12.4 Å². The highest BCUT2D eigenvalue weighted by Gasteiger charge is 2.09. The van der Waals surface area contributed by atoms with E-state index in [1.807, 2.05) is 67.6 Å². The van der Waals surface area contributed by atoms with Crippen LogP contribution in [0.2, 0.25) is 5.02 Å². The van der Waals surface area contributed by atoms with Gasteiger partial charge < -0.3 is 4.74 Å². The van der Waals surface area contributed by atoms with Crippen LogP contribution in [0, 0.1) is 6.92 Å². The van der Waals surface area contributed by atoms with Crippen molar-refractivity contribution in [2.45, 2.75) is 24.4 Å². The molecule has 0 radical (unpaired) electrons. The molecule has 162 valence electrons. The van der Waals surface area contributed by atoms with Crippen LogP contribution >= 0.6 is 39.3 Å². The first-order valence-electron chi connectivity index (χ1n) is 9.88. The van der Waals surface area contributed by atoms with Gasteiger partial charge in [-0.2, -0.15) is 9.78 Å². The summed E-state index contributed by atoms with van der Waals surface area (Å²) in [6.45, 7) is 2.31. The van der Waals surface area contributed by atoms with Crippen LogP contribution in [0.15, 0.2) is 87.5 Å². The number of aryl methyl sites for hydroxylation is 1. The van der Waals surface area contributed by atoms with Gasteiger partial charge in [-0.1, -0.05) is 69.6 Å². The fourth-order valence-electron chi connectivity index (χ4n) is 2.84. The number of aromatic nitrogens is 3. The summed E-state index contributed by atoms with van der Waals surface area (Å²) in [7, 11) is 0. The molecular weight excluding hydrogens is 508 g/mol. The summed E-state index contributed by atoms with van der Waals surface area (Å²) in [5, 5.41) is 14.5. The zero-order valence-corrected chi connectivity index (χ0v) is 20.4. The first-order chi connectivity index (χ1) is 15.6. The van der Waals surface area contributed by atoms with Crippen LogP contribution in [0.4, 0.5) is 0 Å². The lowest BCUT2D eigenvalue weighted by atomic mass is 10.2. The molecule has 5 nitrogen and oxygen atoms in total. The van der Waals surface area contributed by atoms with Gasteiger partial charge in [0.05, 0.1) is 6.21 Å². The molecule has 0 amide bonds. The SMILES string of the molecule is Cc1nnc(SCc2ccc(Br)cc2)n1/N=C/c1ccc(OCc2ccccc2Cl)cc1. The summed E-state index contributed by atoms with van der Waals surface area (Å²) >= 11 is 11.2. The molecule has 3 aromatic carbocycles. The van der Waals surface area contributed by atoms with Crippen molar-refractivity contribution < 1.29 is 4.74 Å². The molecule has 1 aromatic heterocycles. The van der Waals surface area contributed by atoms with Crippen molar-refractivity contribution >= 4 is 45.5 Å². The highest BCUT2D eigenvalue weighted by Crippen LogP contribution is 2.23. The van der Waals surface area contributed by atoms with Crippen molar-refractivity contribution in [3.8, 4) is 5.75 Å². The first kappa shape index (κ1) is 22.6. The van der Waals surface area contributed by atoms with E-state index in [4.69, 9.17) is 16.3 Å². The van der Waals surface area contributed by atoms with Gasteiger partial charge in [-0.05, 0) is 60.5 Å². The van der Waals surface area contributed by atoms with Crippen molar-refractivity contribution in [3.05, 3.63) is 105 Å². The summed E-state index contributed by atoms with van der Waals surface area (Å²) < 4.78 is 8.66. The van der Waals surface area contributed by atoms with Gasteiger partial charge in [0.25, 0.3) is 0 Å². The first-order valence-corrected chi connectivity index (χ1v) is 12.0. The quantitative estimate of drug-likeness (QED) is 0.188. The number of halogens is 2. The molecule has 0 aliphatic rings. The molecule has 0 spiro atoms. The van der Waals surface area contributed by atoms with Crippen LogP contribution in [0.3, 0.4) is 0 Å². The second-order valence-electron chi connectivity index (χ2n) is 6.95. The topological polar surface area (TPSA) is 52.3 Å². The van der Waals surface area contributed by atoms with E-state index in [1.165, 1.54) is 5.56 Å². The number of nitrogens with zero attached hydrogens (tertiary/aromatic N) is 4. The maximum absolute atomic E-state index is 6.18. The lowest BCUT2D eigenvalue weighted by Gasteiger charge is -2.08. The number of rotatable bonds is 8. The Balaban J connectivity index is 1.38. The Morgan fingerprint density at radius 2 is 1.78 bits per heavy atom. The average molecular weight is 528 g/mol. The Hall–Kier alpha value is -2.61. The molecule has 0 aliphatic carbocycles. The van der Waals surface area contributed by atoms with Crippen LogP contribution in [-0.4, -0.2) is 21.1 Å². The van der Waals surface area contributed by atoms with Gasteiger partial charge in [-0.25, -0.2) is 0 Å². The molecule has 0 fully saturated rings. The molecule has 32 heavy (non-hydrogen) atoms. The number of benzene rings is 3. The molecule has 1 heterocycles. The minimum atomic E-state index is 0.423. The van der Waals surface area contributed by atoms with Gasteiger partial charge in [0.15, 0.2) is 5.82 Å². The highest BCUT2D eigenvalue weighted by molar-refractivity contribution is 9.10. The van der Waals surface area contributed by atoms with Crippen LogP contribution < -0.4 is 4.74 Å². The van der Waals surface area contributed by atoms with Crippen LogP contribution in [-0.2, 0) is 12.4 Å². The maximum atomic E-state index is 6.18. The molecule has 0 saturated carbocycles. The average Bonchev–Trinajstić information content (AvgIpc) is 3.17. The number of hydrogen-bond donors (Lipinski definition) is 0. The maximum Gasteiger partial charge on any atom is 0.212 e. The molecule has 0 saturated heterocycles. The summed E-state index contributed by atoms with van der Waals surface area (Å²) in [6.07, 6.45) is 1.79. The van der Waals surface area contributed by atoms with E-state index < -0.39 is 0 Å². The van der Waals surface area contributed by atoms with Crippen molar-refractivity contribution in [1.29, 1.82) is 0 Å². The summed E-state index contributed by atoms with van der Waals surface area (Å²) in [6, 6.07) is 23.7. The highest BCUT2D eigenvalue weighted by atomic mass is 79.9. The van der Waals surface area contributed by atoms with Crippen molar-refractivity contribution in [2.75, 3.05) is 0 Å². The predicted octanol–water partition coefficient (Wildman–Crippen LogP) is 6.76. The molecule has 4 rings (SSSR count). The Bertz CT molecular complexity index is 1210. The number of hydrogen-bond acceptors (Lipinski definition) is 5. The monoisotopic (exact) mass is 526 g/mol. The zero-order chi connectivity index (χ0) is 22.3. The summed E-state index contributed by atoms with van der Waals surface area (Å²) in [4.78, 5) is 0. The third-order valence-electron chi connectivity index (χ3n) is 4.60. The second kappa shape index (κ2) is 10.8. The Kier molecular flexibility index (Phi) is 7.63. The Morgan fingerprint density at radius 1 is 1.03 bits per heavy atom. The standard InChI is InChI=1S/C24H20BrClN4OS/c1-17-28-29-24(32-16-19-6-10-21(25)11-7-19)30(17)27-14-18-8-12-22(13-9-18)31-15-20-4-2-3-5-23(20)26/h2-14H,15-16H2,1H3/b27-14+. The fraction of sp³-hybridized carbons (Fsp3) is 0.125. The van der Waals surface area contributed by atoms with E-state index in [0.717, 1.165) is 38.1 Å². The number of ether oxygens (including phenoxy) is 1. The molecule has 4 aromatic rings. The molecule has 0 atom stereocenters. The van der Waals surface area contributed by atoms with Crippen LogP contribution in [0.1, 0.15) is 22.5 Å². The van der Waals surface area contributed by atoms with Crippen LogP contribution in [0.5, 0.6) is 5.75 Å². The molecule has 0 unspecified atom stereocenters. The van der Waals surface area contributed by atoms with Gasteiger partial charge in [-0.15, -0.1) is 10.2 Å². The van der Waals surface area contributed by atoms with Crippen molar-refractivity contribution in [2.24, 2.45) is 5.10 Å². The van der Waals surface area contributed by atoms with Gasteiger partial charge >= 0.3 is 0 Å². The Morgan fingerprint density at radius 3 is 2.53 bits per heavy atom.